The SMILES string of the molecule is CC(C)c1cc(C(C)C)c(-n2cnc(-c3[c-]c(N(c4ccccc4)c4cccc(CN5C=CN(C)[CH-]5)n4)ccc3)c2)c(C(C)C)c1.[Pt+2]. The van der Waals surface area contributed by atoms with Crippen LogP contribution < -0.4 is 4.90 Å². The fourth-order valence-electron chi connectivity index (χ4n) is 5.97. The number of hydrogen-bond acceptors (Lipinski definition) is 5. The van der Waals surface area contributed by atoms with Crippen molar-refractivity contribution in [2.75, 3.05) is 11.9 Å². The molecule has 1 aliphatic rings. The molecule has 0 spiro atoms. The number of aromatic nitrogens is 3. The number of anilines is 3. The quantitative estimate of drug-likeness (QED) is 0.132. The van der Waals surface area contributed by atoms with Crippen LogP contribution in [0.15, 0.2) is 104 Å². The molecule has 5 aromatic rings. The molecule has 0 unspecified atom stereocenters. The van der Waals surface area contributed by atoms with Gasteiger partial charge in [0, 0.05) is 17.9 Å². The summed E-state index contributed by atoms with van der Waals surface area (Å²) in [5, 5.41) is 0. The molecule has 6 rings (SSSR count). The van der Waals surface area contributed by atoms with Crippen molar-refractivity contribution in [2.24, 2.45) is 0 Å². The Morgan fingerprint density at radius 3 is 2.15 bits per heavy atom. The van der Waals surface area contributed by atoms with E-state index in [9.17, 15) is 0 Å². The summed E-state index contributed by atoms with van der Waals surface area (Å²) in [4.78, 5) is 16.4. The van der Waals surface area contributed by atoms with Gasteiger partial charge in [-0.1, -0.05) is 77.9 Å². The second-order valence-electron chi connectivity index (χ2n) is 13.0. The van der Waals surface area contributed by atoms with Crippen molar-refractivity contribution >= 4 is 17.2 Å². The first-order chi connectivity index (χ1) is 22.2. The Kier molecular flexibility index (Phi) is 10.7. The maximum absolute atomic E-state index is 5.10. The third-order valence-corrected chi connectivity index (χ3v) is 8.44. The fourth-order valence-corrected chi connectivity index (χ4v) is 5.97. The van der Waals surface area contributed by atoms with E-state index < -0.39 is 0 Å². The number of imidazole rings is 1. The van der Waals surface area contributed by atoms with Crippen molar-refractivity contribution in [2.45, 2.75) is 65.8 Å². The minimum Gasteiger partial charge on any atom is -0.511 e. The first-order valence-electron chi connectivity index (χ1n) is 16.2. The molecule has 0 N–H and O–H groups in total. The molecule has 2 aromatic heterocycles. The van der Waals surface area contributed by atoms with Crippen molar-refractivity contribution in [3.8, 4) is 16.9 Å². The van der Waals surface area contributed by atoms with Gasteiger partial charge in [0.1, 0.15) is 5.82 Å². The van der Waals surface area contributed by atoms with Gasteiger partial charge in [0.05, 0.1) is 17.7 Å². The smallest absolute Gasteiger partial charge is 0.511 e. The van der Waals surface area contributed by atoms with E-state index in [1.165, 1.54) is 22.4 Å². The predicted octanol–water partition coefficient (Wildman–Crippen LogP) is 9.91. The predicted molar refractivity (Wildman–Crippen MR) is 189 cm³/mol. The minimum atomic E-state index is 0. The molecule has 0 aliphatic carbocycles. The van der Waals surface area contributed by atoms with Gasteiger partial charge in [0.2, 0.25) is 0 Å². The van der Waals surface area contributed by atoms with E-state index in [-0.39, 0.29) is 21.1 Å². The Hall–Kier alpha value is -4.15. The molecule has 3 heterocycles. The first-order valence-corrected chi connectivity index (χ1v) is 16.2. The molecule has 0 amide bonds. The molecule has 7 heteroatoms. The van der Waals surface area contributed by atoms with Crippen LogP contribution in [-0.4, -0.2) is 31.4 Å². The van der Waals surface area contributed by atoms with Gasteiger partial charge in [-0.2, -0.15) is 6.67 Å². The number of nitrogens with zero attached hydrogens (tertiary/aromatic N) is 6. The van der Waals surface area contributed by atoms with Crippen LogP contribution in [0, 0.1) is 12.7 Å². The van der Waals surface area contributed by atoms with Gasteiger partial charge >= 0.3 is 21.1 Å². The van der Waals surface area contributed by atoms with Gasteiger partial charge in [-0.3, -0.25) is 4.98 Å². The summed E-state index contributed by atoms with van der Waals surface area (Å²) in [5.41, 5.74) is 10.1. The van der Waals surface area contributed by atoms with Crippen molar-refractivity contribution < 1.29 is 21.1 Å². The van der Waals surface area contributed by atoms with Crippen LogP contribution in [0.1, 0.15) is 81.7 Å². The third kappa shape index (κ3) is 7.54. The summed E-state index contributed by atoms with van der Waals surface area (Å²) in [6.07, 6.45) is 8.21. The topological polar surface area (TPSA) is 40.4 Å². The Balaban J connectivity index is 0.00000433. The van der Waals surface area contributed by atoms with Gasteiger partial charge < -0.3 is 19.3 Å². The van der Waals surface area contributed by atoms with Crippen molar-refractivity contribution in [3.05, 3.63) is 139 Å². The standard InChI is InChI=1S/C40H44N6.Pt/c1-28(2)32-22-36(29(3)4)40(37(23-32)30(5)6)45-25-38(41-26-45)31-13-11-17-35(21-31)46(34-15-9-8-10-16-34)39-18-12-14-33(42-39)24-44-20-19-43(7)27-44;/h8-20,22-23,25-30H,24H2,1-7H3;/q-2;+2. The summed E-state index contributed by atoms with van der Waals surface area (Å²) >= 11 is 0. The molecule has 47 heavy (non-hydrogen) atoms. The molecule has 6 nitrogen and oxygen atoms in total. The number of rotatable bonds is 10. The summed E-state index contributed by atoms with van der Waals surface area (Å²) in [6, 6.07) is 31.3. The van der Waals surface area contributed by atoms with Crippen molar-refractivity contribution in [1.82, 2.24) is 24.3 Å². The van der Waals surface area contributed by atoms with E-state index in [1.807, 2.05) is 30.5 Å². The number of pyridine rings is 1. The first kappa shape index (κ1) is 34.2. The summed E-state index contributed by atoms with van der Waals surface area (Å²) in [6.45, 7) is 16.4. The van der Waals surface area contributed by atoms with Crippen LogP contribution in [-0.2, 0) is 27.6 Å². The largest absolute Gasteiger partial charge is 2.00 e. The van der Waals surface area contributed by atoms with E-state index in [0.29, 0.717) is 24.3 Å². The van der Waals surface area contributed by atoms with Crippen LogP contribution in [0.2, 0.25) is 0 Å². The number of hydrogen-bond donors (Lipinski definition) is 0. The second kappa shape index (κ2) is 14.7. The monoisotopic (exact) mass is 803 g/mol. The molecule has 1 aliphatic heterocycles. The van der Waals surface area contributed by atoms with Gasteiger partial charge in [-0.15, -0.1) is 29.8 Å². The van der Waals surface area contributed by atoms with Crippen LogP contribution in [0.25, 0.3) is 16.9 Å². The van der Waals surface area contributed by atoms with Crippen molar-refractivity contribution in [1.29, 1.82) is 0 Å². The minimum absolute atomic E-state index is 0. The zero-order valence-corrected chi connectivity index (χ0v) is 30.6. The van der Waals surface area contributed by atoms with Crippen LogP contribution in [0.5, 0.6) is 0 Å². The molecule has 0 saturated carbocycles. The van der Waals surface area contributed by atoms with E-state index in [1.54, 1.807) is 0 Å². The molecular weight excluding hydrogens is 760 g/mol. The molecule has 0 atom stereocenters. The summed E-state index contributed by atoms with van der Waals surface area (Å²) in [7, 11) is 2.03. The van der Waals surface area contributed by atoms with Crippen molar-refractivity contribution in [3.63, 3.8) is 0 Å². The zero-order chi connectivity index (χ0) is 32.4. The van der Waals surface area contributed by atoms with Crippen LogP contribution in [0.4, 0.5) is 17.2 Å². The van der Waals surface area contributed by atoms with E-state index >= 15 is 0 Å². The van der Waals surface area contributed by atoms with Gasteiger partial charge in [-0.05, 0) is 90.0 Å². The number of benzene rings is 3. The molecule has 0 saturated heterocycles. The molecule has 244 valence electrons. The molecule has 0 fully saturated rings. The average molecular weight is 804 g/mol. The van der Waals surface area contributed by atoms with Gasteiger partial charge in [0.25, 0.3) is 0 Å². The Morgan fingerprint density at radius 1 is 0.809 bits per heavy atom. The maximum Gasteiger partial charge on any atom is 2.00 e. The van der Waals surface area contributed by atoms with E-state index in [2.05, 4.69) is 154 Å². The fraction of sp³-hybridized carbons (Fsp3) is 0.275. The van der Waals surface area contributed by atoms with Gasteiger partial charge in [-0.25, -0.2) is 4.98 Å². The Labute approximate surface area is 295 Å². The van der Waals surface area contributed by atoms with E-state index in [0.717, 1.165) is 34.1 Å². The normalized spacial score (nSPS) is 12.8. The molecule has 0 bridgehead atoms. The molecule has 3 aromatic carbocycles. The molecule has 0 radical (unpaired) electrons. The zero-order valence-electron chi connectivity index (χ0n) is 28.3. The van der Waals surface area contributed by atoms with Gasteiger partial charge in [0.15, 0.2) is 0 Å². The summed E-state index contributed by atoms with van der Waals surface area (Å²) < 4.78 is 2.21. The molecular formula is C40H44N6Pt. The summed E-state index contributed by atoms with van der Waals surface area (Å²) in [5.74, 6) is 2.08. The Morgan fingerprint density at radius 2 is 1.51 bits per heavy atom. The number of para-hydroxylation sites is 1. The third-order valence-electron chi connectivity index (χ3n) is 8.44. The van der Waals surface area contributed by atoms with Crippen LogP contribution >= 0.6 is 0 Å². The maximum atomic E-state index is 5.10. The van der Waals surface area contributed by atoms with Crippen LogP contribution in [0.3, 0.4) is 0 Å². The second-order valence-corrected chi connectivity index (χ2v) is 13.0. The van der Waals surface area contributed by atoms with E-state index in [4.69, 9.17) is 9.97 Å². The average Bonchev–Trinajstić information content (AvgIpc) is 3.70. The Bertz CT molecular complexity index is 1790.